The van der Waals surface area contributed by atoms with Crippen molar-refractivity contribution in [1.82, 2.24) is 0 Å². The number of imide groups is 1. The molecule has 0 bridgehead atoms. The lowest BCUT2D eigenvalue weighted by Crippen LogP contribution is -2.29. The molecule has 23 heavy (non-hydrogen) atoms. The van der Waals surface area contributed by atoms with Crippen LogP contribution in [0, 0.1) is 0 Å². The lowest BCUT2D eigenvalue weighted by molar-refractivity contribution is -0.119. The molecule has 0 aliphatic carbocycles. The summed E-state index contributed by atoms with van der Waals surface area (Å²) in [7, 11) is 0. The normalized spacial score (nSPS) is 15.1. The van der Waals surface area contributed by atoms with Gasteiger partial charge < -0.3 is 9.29 Å². The predicted octanol–water partition coefficient (Wildman–Crippen LogP) is 2.15. The molecule has 2 amide bonds. The van der Waals surface area contributed by atoms with Gasteiger partial charge in [-0.05, 0) is 53.5 Å². The fourth-order valence-corrected chi connectivity index (χ4v) is 2.50. The summed E-state index contributed by atoms with van der Waals surface area (Å²) >= 11 is -2.33. The number of amides is 2. The molecular weight excluding hydrogens is 318 g/mol. The van der Waals surface area contributed by atoms with Crippen LogP contribution in [-0.2, 0) is 20.7 Å². The molecule has 1 heterocycles. The molecule has 1 aliphatic heterocycles. The van der Waals surface area contributed by atoms with Crippen LogP contribution in [0.2, 0.25) is 0 Å². The van der Waals surface area contributed by atoms with Crippen LogP contribution in [0.1, 0.15) is 0 Å². The Morgan fingerprint density at radius 3 is 2.17 bits per heavy atom. The van der Waals surface area contributed by atoms with E-state index >= 15 is 0 Å². The van der Waals surface area contributed by atoms with Gasteiger partial charge in [0.1, 0.15) is 11.5 Å². The molecule has 6 nitrogen and oxygen atoms in total. The summed E-state index contributed by atoms with van der Waals surface area (Å²) in [5.41, 5.74) is 0.437. The second-order valence-electron chi connectivity index (χ2n) is 4.65. The molecule has 1 aliphatic rings. The van der Waals surface area contributed by atoms with E-state index in [-0.39, 0.29) is 4.90 Å². The van der Waals surface area contributed by atoms with Gasteiger partial charge in [0.05, 0.1) is 5.69 Å². The first-order valence-corrected chi connectivity index (χ1v) is 7.65. The maximum Gasteiger partial charge on any atom is 0.258 e. The van der Waals surface area contributed by atoms with E-state index in [0.717, 1.165) is 4.90 Å². The Balaban J connectivity index is 1.78. The summed E-state index contributed by atoms with van der Waals surface area (Å²) in [6, 6.07) is 12.4. The molecule has 0 fully saturated rings. The number of anilines is 1. The molecule has 0 aromatic heterocycles. The van der Waals surface area contributed by atoms with Crippen molar-refractivity contribution in [1.29, 1.82) is 0 Å². The number of hydrogen-bond donors (Lipinski definition) is 0. The number of benzene rings is 2. The third-order valence-electron chi connectivity index (χ3n) is 3.14. The van der Waals surface area contributed by atoms with Crippen LogP contribution in [0.15, 0.2) is 65.6 Å². The topological polar surface area (TPSA) is 86.7 Å². The summed E-state index contributed by atoms with van der Waals surface area (Å²) in [5.74, 6) is 0.0349. The minimum atomic E-state index is -2.33. The summed E-state index contributed by atoms with van der Waals surface area (Å²) in [6.07, 6.45) is 2.42. The van der Waals surface area contributed by atoms with Crippen molar-refractivity contribution in [2.24, 2.45) is 0 Å². The van der Waals surface area contributed by atoms with Gasteiger partial charge in [-0.2, -0.15) is 0 Å². The van der Waals surface area contributed by atoms with Gasteiger partial charge in [-0.3, -0.25) is 13.8 Å². The Morgan fingerprint density at radius 2 is 1.57 bits per heavy atom. The Hall–Kier alpha value is -2.77. The zero-order chi connectivity index (χ0) is 16.4. The van der Waals surface area contributed by atoms with Gasteiger partial charge in [-0.25, -0.2) is 4.90 Å². The van der Waals surface area contributed by atoms with E-state index in [2.05, 4.69) is 0 Å². The van der Waals surface area contributed by atoms with Crippen LogP contribution in [-0.4, -0.2) is 20.6 Å². The van der Waals surface area contributed by atoms with Gasteiger partial charge in [0.2, 0.25) is 0 Å². The first-order valence-electron chi connectivity index (χ1n) is 6.58. The summed E-state index contributed by atoms with van der Waals surface area (Å²) in [4.78, 5) is 24.4. The van der Waals surface area contributed by atoms with E-state index in [4.69, 9.17) is 4.74 Å². The number of rotatable bonds is 4. The molecular formula is C16H10NO5S-. The van der Waals surface area contributed by atoms with Crippen LogP contribution in [0.5, 0.6) is 11.5 Å². The molecule has 1 atom stereocenters. The zero-order valence-electron chi connectivity index (χ0n) is 11.7. The van der Waals surface area contributed by atoms with Crippen LogP contribution >= 0.6 is 0 Å². The standard InChI is InChI=1S/C16H11NO5S/c18-15-8-9-16(19)17(15)11-4-6-12(7-5-11)22-13-2-1-3-14(10-13)23(20)21/h1-10H,(H,20,21)/p-1. The first-order chi connectivity index (χ1) is 11.0. The van der Waals surface area contributed by atoms with Crippen molar-refractivity contribution in [2.75, 3.05) is 4.90 Å². The smallest absolute Gasteiger partial charge is 0.258 e. The monoisotopic (exact) mass is 328 g/mol. The summed E-state index contributed by atoms with van der Waals surface area (Å²) in [6.45, 7) is 0. The van der Waals surface area contributed by atoms with Gasteiger partial charge in [-0.15, -0.1) is 0 Å². The molecule has 0 saturated heterocycles. The van der Waals surface area contributed by atoms with Crippen molar-refractivity contribution >= 4 is 28.6 Å². The van der Waals surface area contributed by atoms with E-state index in [1.807, 2.05) is 0 Å². The lowest BCUT2D eigenvalue weighted by atomic mass is 10.2. The van der Waals surface area contributed by atoms with Crippen LogP contribution in [0.4, 0.5) is 5.69 Å². The number of nitrogens with zero attached hydrogens (tertiary/aromatic N) is 1. The minimum Gasteiger partial charge on any atom is -0.768 e. The second kappa shape index (κ2) is 6.15. The fourth-order valence-electron chi connectivity index (χ4n) is 2.10. The fraction of sp³-hybridized carbons (Fsp3) is 0. The van der Waals surface area contributed by atoms with Crippen LogP contribution in [0.3, 0.4) is 0 Å². The van der Waals surface area contributed by atoms with Crippen LogP contribution < -0.4 is 9.64 Å². The quantitative estimate of drug-likeness (QED) is 0.634. The Labute approximate surface area is 134 Å². The van der Waals surface area contributed by atoms with Gasteiger partial charge in [-0.1, -0.05) is 6.07 Å². The molecule has 116 valence electrons. The van der Waals surface area contributed by atoms with Crippen molar-refractivity contribution < 1.29 is 23.1 Å². The Bertz CT molecular complexity index is 811. The van der Waals surface area contributed by atoms with Crippen molar-refractivity contribution in [3.8, 4) is 11.5 Å². The highest BCUT2D eigenvalue weighted by Gasteiger charge is 2.24. The van der Waals surface area contributed by atoms with E-state index in [0.29, 0.717) is 17.2 Å². The highest BCUT2D eigenvalue weighted by molar-refractivity contribution is 7.79. The largest absolute Gasteiger partial charge is 0.768 e. The van der Waals surface area contributed by atoms with Crippen molar-refractivity contribution in [3.05, 3.63) is 60.7 Å². The number of hydrogen-bond acceptors (Lipinski definition) is 5. The van der Waals surface area contributed by atoms with E-state index in [1.54, 1.807) is 36.4 Å². The molecule has 0 N–H and O–H groups in total. The maximum absolute atomic E-state index is 11.6. The highest BCUT2D eigenvalue weighted by atomic mass is 32.2. The minimum absolute atomic E-state index is 0.124. The third kappa shape index (κ3) is 3.20. The molecule has 3 rings (SSSR count). The van der Waals surface area contributed by atoms with E-state index in [9.17, 15) is 18.4 Å². The van der Waals surface area contributed by atoms with E-state index < -0.39 is 22.9 Å². The van der Waals surface area contributed by atoms with Gasteiger partial charge in [0.15, 0.2) is 0 Å². The van der Waals surface area contributed by atoms with Gasteiger partial charge in [0, 0.05) is 17.0 Å². The Morgan fingerprint density at radius 1 is 0.913 bits per heavy atom. The predicted molar refractivity (Wildman–Crippen MR) is 81.8 cm³/mol. The average molecular weight is 328 g/mol. The molecule has 0 radical (unpaired) electrons. The van der Waals surface area contributed by atoms with Crippen LogP contribution in [0.25, 0.3) is 0 Å². The number of carbonyl (C=O) groups is 2. The second-order valence-corrected chi connectivity index (χ2v) is 5.59. The Kier molecular flexibility index (Phi) is 4.05. The highest BCUT2D eigenvalue weighted by Crippen LogP contribution is 2.26. The van der Waals surface area contributed by atoms with Crippen molar-refractivity contribution in [2.45, 2.75) is 4.90 Å². The summed E-state index contributed by atoms with van der Waals surface area (Å²) in [5, 5.41) is 0. The first kappa shape index (κ1) is 15.1. The van der Waals surface area contributed by atoms with Gasteiger partial charge >= 0.3 is 0 Å². The average Bonchev–Trinajstić information content (AvgIpc) is 2.87. The molecule has 2 aromatic carbocycles. The maximum atomic E-state index is 11.6. The SMILES string of the molecule is O=C1C=CC(=O)N1c1ccc(Oc2cccc(S(=O)[O-])c2)cc1. The van der Waals surface area contributed by atoms with Gasteiger partial charge in [0.25, 0.3) is 11.8 Å². The van der Waals surface area contributed by atoms with E-state index in [1.165, 1.54) is 24.3 Å². The molecule has 1 unspecified atom stereocenters. The summed E-state index contributed by atoms with van der Waals surface area (Å²) < 4.78 is 27.4. The third-order valence-corrected chi connectivity index (χ3v) is 3.78. The van der Waals surface area contributed by atoms with Crippen molar-refractivity contribution in [3.63, 3.8) is 0 Å². The molecule has 7 heteroatoms. The number of ether oxygens (including phenoxy) is 1. The lowest BCUT2D eigenvalue weighted by Gasteiger charge is -2.14. The molecule has 2 aromatic rings. The molecule has 0 saturated carbocycles. The molecule has 0 spiro atoms. The number of carbonyl (C=O) groups excluding carboxylic acids is 2. The zero-order valence-corrected chi connectivity index (χ0v) is 12.5.